The van der Waals surface area contributed by atoms with Gasteiger partial charge in [-0.3, -0.25) is 4.18 Å². The van der Waals surface area contributed by atoms with Crippen molar-refractivity contribution < 1.29 is 56.6 Å². The zero-order valence-corrected chi connectivity index (χ0v) is 7.92. The van der Waals surface area contributed by atoms with Crippen LogP contribution in [-0.4, -0.2) is 30.7 Å². The van der Waals surface area contributed by atoms with Crippen molar-refractivity contribution in [1.82, 2.24) is 0 Å². The molecule has 0 atom stereocenters. The largest absolute Gasteiger partial charge is 1.00 e. The molecular formula is C2H3NaO6S. The van der Waals surface area contributed by atoms with Crippen molar-refractivity contribution in [3.63, 3.8) is 0 Å². The molecule has 6 nitrogen and oxygen atoms in total. The van der Waals surface area contributed by atoms with Crippen molar-refractivity contribution in [2.24, 2.45) is 0 Å². The van der Waals surface area contributed by atoms with Crippen molar-refractivity contribution in [2.45, 2.75) is 0 Å². The van der Waals surface area contributed by atoms with E-state index in [1.807, 2.05) is 0 Å². The zero-order chi connectivity index (χ0) is 7.49. The molecule has 0 radical (unpaired) electrons. The Morgan fingerprint density at radius 3 is 2.10 bits per heavy atom. The molecule has 0 saturated heterocycles. The van der Waals surface area contributed by atoms with E-state index >= 15 is 0 Å². The predicted octanol–water partition coefficient (Wildman–Crippen LogP) is -4.45. The van der Waals surface area contributed by atoms with Gasteiger partial charge in [0.1, 0.15) is 0 Å². The zero-order valence-electron chi connectivity index (χ0n) is 5.10. The number of rotatable bonds is 3. The third kappa shape index (κ3) is 11.2. The summed E-state index contributed by atoms with van der Waals surface area (Å²) in [5.41, 5.74) is 0. The summed E-state index contributed by atoms with van der Waals surface area (Å²) < 4.78 is 31.8. The summed E-state index contributed by atoms with van der Waals surface area (Å²) in [6.45, 7) is -1.12. The number of carboxylic acid groups (broad SMARTS) is 1. The predicted molar refractivity (Wildman–Crippen MR) is 23.3 cm³/mol. The molecule has 0 saturated carbocycles. The van der Waals surface area contributed by atoms with Crippen LogP contribution >= 0.6 is 0 Å². The van der Waals surface area contributed by atoms with Crippen molar-refractivity contribution in [1.29, 1.82) is 0 Å². The van der Waals surface area contributed by atoms with Crippen molar-refractivity contribution in [3.05, 3.63) is 0 Å². The molecule has 0 fully saturated rings. The van der Waals surface area contributed by atoms with Crippen LogP contribution in [0.2, 0.25) is 0 Å². The summed E-state index contributed by atoms with van der Waals surface area (Å²) in [7, 11) is -4.85. The van der Waals surface area contributed by atoms with Gasteiger partial charge in [0.05, 0.1) is 0 Å². The Kier molecular flexibility index (Phi) is 6.55. The van der Waals surface area contributed by atoms with Gasteiger partial charge in [-0.15, -0.1) is 0 Å². The Morgan fingerprint density at radius 1 is 1.60 bits per heavy atom. The summed E-state index contributed by atoms with van der Waals surface area (Å²) >= 11 is 0. The first-order valence-electron chi connectivity index (χ1n) is 1.74. The van der Waals surface area contributed by atoms with E-state index in [1.165, 1.54) is 0 Å². The molecule has 1 N–H and O–H groups in total. The maximum atomic E-state index is 9.52. The number of carboxylic acids is 1. The molecule has 0 spiro atoms. The van der Waals surface area contributed by atoms with E-state index in [-0.39, 0.29) is 29.6 Å². The van der Waals surface area contributed by atoms with Crippen LogP contribution in [0.5, 0.6) is 0 Å². The first-order chi connectivity index (χ1) is 3.92. The summed E-state index contributed by atoms with van der Waals surface area (Å²) in [6, 6.07) is 0. The molecule has 54 valence electrons. The van der Waals surface area contributed by atoms with Gasteiger partial charge in [-0.1, -0.05) is 0 Å². The van der Waals surface area contributed by atoms with Gasteiger partial charge in [0, 0.05) is 0 Å². The van der Waals surface area contributed by atoms with E-state index in [0.29, 0.717) is 0 Å². The van der Waals surface area contributed by atoms with E-state index in [1.54, 1.807) is 0 Å². The maximum absolute atomic E-state index is 9.52. The van der Waals surface area contributed by atoms with E-state index < -0.39 is 23.0 Å². The second kappa shape index (κ2) is 5.05. The van der Waals surface area contributed by atoms with Crippen molar-refractivity contribution in [3.8, 4) is 0 Å². The van der Waals surface area contributed by atoms with Gasteiger partial charge in [0.15, 0.2) is 6.61 Å². The monoisotopic (exact) mass is 178 g/mol. The third-order valence-electron chi connectivity index (χ3n) is 0.327. The Hall–Kier alpha value is 0.340. The molecule has 8 heteroatoms. The fourth-order valence-electron chi connectivity index (χ4n) is 0.123. The standard InChI is InChI=1S/C2H4O6S.Na/c3-2(4)1-8-9(5,6)7;/h1H2,(H,3,4)(H,5,6,7);/q;+1/p-1. The first kappa shape index (κ1) is 13.0. The van der Waals surface area contributed by atoms with Crippen LogP contribution in [0.4, 0.5) is 0 Å². The average molecular weight is 178 g/mol. The molecule has 0 heterocycles. The Labute approximate surface area is 79.4 Å². The van der Waals surface area contributed by atoms with Crippen LogP contribution in [0, 0.1) is 0 Å². The Balaban J connectivity index is 0. The van der Waals surface area contributed by atoms with E-state index in [0.717, 1.165) is 0 Å². The third-order valence-corrected chi connectivity index (χ3v) is 0.733. The fourth-order valence-corrected chi connectivity index (χ4v) is 0.368. The molecule has 10 heavy (non-hydrogen) atoms. The molecule has 0 aromatic heterocycles. The second-order valence-corrected chi connectivity index (χ2v) is 2.12. The quantitative estimate of drug-likeness (QED) is 0.265. The number of hydrogen-bond acceptors (Lipinski definition) is 5. The van der Waals surface area contributed by atoms with Crippen molar-refractivity contribution >= 4 is 16.4 Å². The molecule has 0 aliphatic heterocycles. The SMILES string of the molecule is O=C(O)COS(=O)(=O)[O-].[Na+]. The minimum atomic E-state index is -4.85. The summed E-state index contributed by atoms with van der Waals surface area (Å²) in [5, 5.41) is 7.75. The van der Waals surface area contributed by atoms with E-state index in [2.05, 4.69) is 4.18 Å². The number of hydrogen-bond donors (Lipinski definition) is 1. The average Bonchev–Trinajstić information content (AvgIpc) is 1.59. The first-order valence-corrected chi connectivity index (χ1v) is 3.07. The van der Waals surface area contributed by atoms with Crippen molar-refractivity contribution in [2.75, 3.05) is 6.61 Å². The molecule has 0 rings (SSSR count). The van der Waals surface area contributed by atoms with Crippen LogP contribution < -0.4 is 29.6 Å². The van der Waals surface area contributed by atoms with Crippen LogP contribution in [0.1, 0.15) is 0 Å². The van der Waals surface area contributed by atoms with Crippen LogP contribution in [0.3, 0.4) is 0 Å². The van der Waals surface area contributed by atoms with Crippen LogP contribution in [0.15, 0.2) is 0 Å². The topological polar surface area (TPSA) is 104 Å². The van der Waals surface area contributed by atoms with Gasteiger partial charge >= 0.3 is 35.5 Å². The molecule has 0 bridgehead atoms. The molecule has 0 aromatic carbocycles. The van der Waals surface area contributed by atoms with Gasteiger partial charge in [-0.25, -0.2) is 13.2 Å². The molecule has 0 aliphatic carbocycles. The molecule has 0 amide bonds. The van der Waals surface area contributed by atoms with Gasteiger partial charge < -0.3 is 9.66 Å². The van der Waals surface area contributed by atoms with Crippen LogP contribution in [-0.2, 0) is 19.4 Å². The molecule has 0 unspecified atom stereocenters. The molecular weight excluding hydrogens is 175 g/mol. The Bertz CT molecular complexity index is 194. The number of aliphatic carboxylic acids is 1. The van der Waals surface area contributed by atoms with E-state index in [4.69, 9.17) is 5.11 Å². The minimum Gasteiger partial charge on any atom is -0.726 e. The second-order valence-electron chi connectivity index (χ2n) is 1.06. The summed E-state index contributed by atoms with van der Waals surface area (Å²) in [5.74, 6) is -1.51. The number of carbonyl (C=O) groups is 1. The van der Waals surface area contributed by atoms with Gasteiger partial charge in [-0.05, 0) is 0 Å². The van der Waals surface area contributed by atoms with Crippen LogP contribution in [0.25, 0.3) is 0 Å². The normalized spacial score (nSPS) is 10.1. The molecule has 0 aliphatic rings. The van der Waals surface area contributed by atoms with Gasteiger partial charge in [0.2, 0.25) is 10.4 Å². The smallest absolute Gasteiger partial charge is 0.726 e. The van der Waals surface area contributed by atoms with E-state index in [9.17, 15) is 17.8 Å². The Morgan fingerprint density at radius 2 is 2.00 bits per heavy atom. The van der Waals surface area contributed by atoms with Gasteiger partial charge in [0.25, 0.3) is 0 Å². The minimum absolute atomic E-state index is 0. The fraction of sp³-hybridized carbons (Fsp3) is 0.500. The summed E-state index contributed by atoms with van der Waals surface area (Å²) in [6.07, 6.45) is 0. The maximum Gasteiger partial charge on any atom is 1.00 e. The molecule has 0 aromatic rings. The summed E-state index contributed by atoms with van der Waals surface area (Å²) in [4.78, 5) is 9.52. The van der Waals surface area contributed by atoms with Gasteiger partial charge in [-0.2, -0.15) is 0 Å².